The fourth-order valence-electron chi connectivity index (χ4n) is 2.33. The predicted octanol–water partition coefficient (Wildman–Crippen LogP) is 1.38. The molecule has 1 rings (SSSR count). The smallest absolute Gasteiger partial charge is 0.0473 e. The van der Waals surface area contributed by atoms with Crippen LogP contribution in [0.3, 0.4) is 0 Å². The molecule has 2 heteroatoms. The van der Waals surface area contributed by atoms with Gasteiger partial charge in [-0.1, -0.05) is 26.2 Å². The molecule has 1 aliphatic rings. The van der Waals surface area contributed by atoms with Crippen molar-refractivity contribution >= 4 is 0 Å². The van der Waals surface area contributed by atoms with Gasteiger partial charge in [0.05, 0.1) is 0 Å². The number of aliphatic hydroxyl groups is 1. The lowest BCUT2D eigenvalue weighted by Gasteiger charge is -2.31. The van der Waals surface area contributed by atoms with Crippen LogP contribution in [0.1, 0.15) is 32.6 Å². The minimum absolute atomic E-state index is 0.272. The highest BCUT2D eigenvalue weighted by atomic mass is 16.3. The lowest BCUT2D eigenvalue weighted by Crippen LogP contribution is -2.30. The van der Waals surface area contributed by atoms with Crippen LogP contribution in [0.4, 0.5) is 0 Å². The molecule has 3 N–H and O–H groups in total. The topological polar surface area (TPSA) is 46.2 Å². The van der Waals surface area contributed by atoms with E-state index in [1.54, 1.807) is 0 Å². The first-order valence-electron chi connectivity index (χ1n) is 5.08. The maximum absolute atomic E-state index is 9.08. The van der Waals surface area contributed by atoms with Gasteiger partial charge in [0.2, 0.25) is 0 Å². The minimum Gasteiger partial charge on any atom is -0.396 e. The van der Waals surface area contributed by atoms with E-state index in [2.05, 4.69) is 6.92 Å². The maximum Gasteiger partial charge on any atom is 0.0473 e. The normalized spacial score (nSPS) is 33.2. The van der Waals surface area contributed by atoms with Crippen molar-refractivity contribution in [3.63, 3.8) is 0 Å². The quantitative estimate of drug-likeness (QED) is 0.674. The summed E-state index contributed by atoms with van der Waals surface area (Å²) in [7, 11) is 0. The number of hydrogen-bond donors (Lipinski definition) is 2. The van der Waals surface area contributed by atoms with E-state index in [0.29, 0.717) is 18.4 Å². The van der Waals surface area contributed by atoms with E-state index in [4.69, 9.17) is 10.8 Å². The summed E-state index contributed by atoms with van der Waals surface area (Å²) < 4.78 is 0. The molecule has 1 saturated carbocycles. The molecule has 3 unspecified atom stereocenters. The van der Waals surface area contributed by atoms with Gasteiger partial charge in [-0.05, 0) is 30.7 Å². The van der Waals surface area contributed by atoms with Crippen LogP contribution < -0.4 is 5.73 Å². The highest BCUT2D eigenvalue weighted by molar-refractivity contribution is 4.76. The molecule has 0 radical (unpaired) electrons. The molecule has 72 valence electrons. The molecule has 3 atom stereocenters. The van der Waals surface area contributed by atoms with Crippen LogP contribution in [-0.4, -0.2) is 18.3 Å². The van der Waals surface area contributed by atoms with E-state index in [0.717, 1.165) is 5.92 Å². The van der Waals surface area contributed by atoms with E-state index in [1.165, 1.54) is 25.7 Å². The third kappa shape index (κ3) is 2.46. The first kappa shape index (κ1) is 10.0. The van der Waals surface area contributed by atoms with Crippen LogP contribution in [0.15, 0.2) is 0 Å². The van der Waals surface area contributed by atoms with Crippen LogP contribution in [-0.2, 0) is 0 Å². The lowest BCUT2D eigenvalue weighted by molar-refractivity contribution is 0.135. The highest BCUT2D eigenvalue weighted by Crippen LogP contribution is 2.32. The second kappa shape index (κ2) is 4.83. The Kier molecular flexibility index (Phi) is 4.02. The molecule has 1 aliphatic carbocycles. The zero-order valence-electron chi connectivity index (χ0n) is 8.00. The summed E-state index contributed by atoms with van der Waals surface area (Å²) in [5.74, 6) is 1.88. The molecule has 0 spiro atoms. The Balaban J connectivity index is 2.38. The van der Waals surface area contributed by atoms with Crippen molar-refractivity contribution in [1.82, 2.24) is 0 Å². The Labute approximate surface area is 75.2 Å². The second-order valence-corrected chi connectivity index (χ2v) is 4.21. The predicted molar refractivity (Wildman–Crippen MR) is 50.8 cm³/mol. The molecular weight excluding hydrogens is 150 g/mol. The van der Waals surface area contributed by atoms with Gasteiger partial charge in [-0.3, -0.25) is 0 Å². The Morgan fingerprint density at radius 1 is 1.50 bits per heavy atom. The monoisotopic (exact) mass is 171 g/mol. The van der Waals surface area contributed by atoms with Crippen molar-refractivity contribution in [3.8, 4) is 0 Å². The zero-order valence-corrected chi connectivity index (χ0v) is 8.00. The van der Waals surface area contributed by atoms with Gasteiger partial charge < -0.3 is 10.8 Å². The van der Waals surface area contributed by atoms with Crippen LogP contribution in [0, 0.1) is 17.8 Å². The molecule has 2 nitrogen and oxygen atoms in total. The third-order valence-electron chi connectivity index (χ3n) is 3.18. The van der Waals surface area contributed by atoms with Crippen molar-refractivity contribution < 1.29 is 5.11 Å². The average molecular weight is 171 g/mol. The van der Waals surface area contributed by atoms with Crippen LogP contribution in [0.2, 0.25) is 0 Å². The molecular formula is C10H21NO. The van der Waals surface area contributed by atoms with Gasteiger partial charge in [0.15, 0.2) is 0 Å². The van der Waals surface area contributed by atoms with E-state index in [-0.39, 0.29) is 6.61 Å². The molecule has 1 fully saturated rings. The first-order valence-corrected chi connectivity index (χ1v) is 5.08. The molecule has 12 heavy (non-hydrogen) atoms. The molecule has 0 aromatic heterocycles. The first-order chi connectivity index (χ1) is 5.77. The van der Waals surface area contributed by atoms with Gasteiger partial charge in [-0.25, -0.2) is 0 Å². The summed E-state index contributed by atoms with van der Waals surface area (Å²) in [4.78, 5) is 0. The summed E-state index contributed by atoms with van der Waals surface area (Å²) in [5.41, 5.74) is 5.60. The molecule has 0 amide bonds. The van der Waals surface area contributed by atoms with Crippen molar-refractivity contribution in [2.24, 2.45) is 23.5 Å². The van der Waals surface area contributed by atoms with Crippen molar-refractivity contribution in [3.05, 3.63) is 0 Å². The largest absolute Gasteiger partial charge is 0.396 e. The standard InChI is InChI=1S/C10H21NO/c1-8-3-2-4-9(5-8)10(6-11)7-12/h8-10,12H,2-7,11H2,1H3. The second-order valence-electron chi connectivity index (χ2n) is 4.21. The van der Waals surface area contributed by atoms with E-state index in [9.17, 15) is 0 Å². The van der Waals surface area contributed by atoms with Gasteiger partial charge >= 0.3 is 0 Å². The van der Waals surface area contributed by atoms with Gasteiger partial charge in [-0.2, -0.15) is 0 Å². The minimum atomic E-state index is 0.272. The Bertz CT molecular complexity index is 123. The molecule has 0 bridgehead atoms. The van der Waals surface area contributed by atoms with Crippen LogP contribution in [0.5, 0.6) is 0 Å². The zero-order chi connectivity index (χ0) is 8.97. The van der Waals surface area contributed by atoms with Crippen LogP contribution in [0.25, 0.3) is 0 Å². The highest BCUT2D eigenvalue weighted by Gasteiger charge is 2.24. The number of rotatable bonds is 3. The third-order valence-corrected chi connectivity index (χ3v) is 3.18. The molecule has 0 aliphatic heterocycles. The van der Waals surface area contributed by atoms with Gasteiger partial charge in [0.25, 0.3) is 0 Å². The number of aliphatic hydroxyl groups excluding tert-OH is 1. The van der Waals surface area contributed by atoms with Crippen molar-refractivity contribution in [2.45, 2.75) is 32.6 Å². The lowest BCUT2D eigenvalue weighted by atomic mass is 9.76. The molecule has 0 heterocycles. The Hall–Kier alpha value is -0.0800. The molecule has 0 saturated heterocycles. The maximum atomic E-state index is 9.08. The summed E-state index contributed by atoms with van der Waals surface area (Å²) in [6.45, 7) is 3.22. The van der Waals surface area contributed by atoms with E-state index < -0.39 is 0 Å². The molecule has 0 aromatic rings. The van der Waals surface area contributed by atoms with Gasteiger partial charge in [0.1, 0.15) is 0 Å². The average Bonchev–Trinajstić information content (AvgIpc) is 2.07. The van der Waals surface area contributed by atoms with E-state index in [1.807, 2.05) is 0 Å². The number of hydrogen-bond acceptors (Lipinski definition) is 2. The SMILES string of the molecule is CC1CCCC(C(CN)CO)C1. The fourth-order valence-corrected chi connectivity index (χ4v) is 2.33. The van der Waals surface area contributed by atoms with Gasteiger partial charge in [0, 0.05) is 6.61 Å². The summed E-state index contributed by atoms with van der Waals surface area (Å²) >= 11 is 0. The summed E-state index contributed by atoms with van der Waals surface area (Å²) in [6, 6.07) is 0. The van der Waals surface area contributed by atoms with Crippen LogP contribution >= 0.6 is 0 Å². The van der Waals surface area contributed by atoms with Gasteiger partial charge in [-0.15, -0.1) is 0 Å². The molecule has 0 aromatic carbocycles. The Morgan fingerprint density at radius 3 is 2.75 bits per heavy atom. The number of nitrogens with two attached hydrogens (primary N) is 1. The summed E-state index contributed by atoms with van der Waals surface area (Å²) in [6.07, 6.45) is 5.22. The Morgan fingerprint density at radius 2 is 2.25 bits per heavy atom. The fraction of sp³-hybridized carbons (Fsp3) is 1.00. The van der Waals surface area contributed by atoms with Crippen molar-refractivity contribution in [2.75, 3.05) is 13.2 Å². The van der Waals surface area contributed by atoms with E-state index >= 15 is 0 Å². The summed E-state index contributed by atoms with van der Waals surface area (Å²) in [5, 5.41) is 9.08. The van der Waals surface area contributed by atoms with Crippen molar-refractivity contribution in [1.29, 1.82) is 0 Å².